The topological polar surface area (TPSA) is 37.8 Å². The van der Waals surface area contributed by atoms with Gasteiger partial charge in [0.1, 0.15) is 10.8 Å². The Balaban J connectivity index is 2.07. The summed E-state index contributed by atoms with van der Waals surface area (Å²) in [6.45, 7) is 7.19. The molecule has 0 saturated heterocycles. The van der Waals surface area contributed by atoms with Gasteiger partial charge < -0.3 is 5.32 Å². The largest absolute Gasteiger partial charge is 0.312 e. The minimum Gasteiger partial charge on any atom is -0.312 e. The molecule has 1 aromatic heterocycles. The van der Waals surface area contributed by atoms with Crippen molar-refractivity contribution in [1.29, 1.82) is 0 Å². The Hall–Kier alpha value is -0.850. The highest BCUT2D eigenvalue weighted by Gasteiger charge is 2.13. The van der Waals surface area contributed by atoms with Crippen LogP contribution < -0.4 is 5.32 Å². The van der Waals surface area contributed by atoms with Gasteiger partial charge in [-0.1, -0.05) is 27.3 Å². The second-order valence-electron chi connectivity index (χ2n) is 5.55. The molecule has 0 atom stereocenters. The fourth-order valence-electron chi connectivity index (χ4n) is 1.67. The average Bonchev–Trinajstić information content (AvgIpc) is 2.79. The van der Waals surface area contributed by atoms with Gasteiger partial charge in [0.15, 0.2) is 5.01 Å². The molecule has 0 fully saturated rings. The first-order valence-electron chi connectivity index (χ1n) is 6.38. The summed E-state index contributed by atoms with van der Waals surface area (Å²) in [5, 5.41) is 13.1. The molecule has 0 bridgehead atoms. The summed E-state index contributed by atoms with van der Waals surface area (Å²) in [4.78, 5) is 0. The van der Waals surface area contributed by atoms with E-state index in [-0.39, 0.29) is 11.4 Å². The molecule has 2 rings (SSSR count). The Kier molecular flexibility index (Phi) is 4.88. The van der Waals surface area contributed by atoms with Gasteiger partial charge in [0.25, 0.3) is 0 Å². The maximum atomic E-state index is 13.8. The van der Waals surface area contributed by atoms with Crippen LogP contribution in [0.1, 0.15) is 25.8 Å². The minimum atomic E-state index is -0.274. The van der Waals surface area contributed by atoms with Crippen molar-refractivity contribution < 1.29 is 4.39 Å². The normalized spacial score (nSPS) is 11.8. The summed E-state index contributed by atoms with van der Waals surface area (Å²) < 4.78 is 14.6. The average molecular weight is 358 g/mol. The van der Waals surface area contributed by atoms with Crippen LogP contribution in [0.25, 0.3) is 10.6 Å². The summed E-state index contributed by atoms with van der Waals surface area (Å²) in [5.41, 5.74) is 0.580. The molecule has 0 aliphatic heterocycles. The van der Waals surface area contributed by atoms with Gasteiger partial charge in [-0.3, -0.25) is 0 Å². The molecule has 20 heavy (non-hydrogen) atoms. The van der Waals surface area contributed by atoms with E-state index < -0.39 is 0 Å². The number of hydrogen-bond acceptors (Lipinski definition) is 4. The van der Waals surface area contributed by atoms with Crippen molar-refractivity contribution in [1.82, 2.24) is 15.5 Å². The van der Waals surface area contributed by atoms with Gasteiger partial charge in [0.2, 0.25) is 0 Å². The first kappa shape index (κ1) is 15.5. The van der Waals surface area contributed by atoms with E-state index >= 15 is 0 Å². The summed E-state index contributed by atoms with van der Waals surface area (Å²) in [7, 11) is 0. The van der Waals surface area contributed by atoms with Crippen LogP contribution in [-0.4, -0.2) is 22.3 Å². The number of rotatable bonds is 4. The van der Waals surface area contributed by atoms with Gasteiger partial charge in [-0.05, 0) is 39.0 Å². The molecule has 0 spiro atoms. The molecule has 0 amide bonds. The lowest BCUT2D eigenvalue weighted by molar-refractivity contribution is 0.429. The van der Waals surface area contributed by atoms with Gasteiger partial charge in [-0.2, -0.15) is 0 Å². The lowest BCUT2D eigenvalue weighted by atomic mass is 10.1. The number of hydrogen-bond donors (Lipinski definition) is 1. The Bertz CT molecular complexity index is 592. The molecule has 108 valence electrons. The zero-order chi connectivity index (χ0) is 14.8. The minimum absolute atomic E-state index is 0.0872. The van der Waals surface area contributed by atoms with Crippen molar-refractivity contribution >= 4 is 27.3 Å². The molecular formula is C14H17BrFN3S. The van der Waals surface area contributed by atoms with Crippen molar-refractivity contribution in [2.45, 2.75) is 32.7 Å². The van der Waals surface area contributed by atoms with Crippen molar-refractivity contribution in [2.75, 3.05) is 6.54 Å². The molecule has 6 heteroatoms. The van der Waals surface area contributed by atoms with Gasteiger partial charge in [-0.25, -0.2) is 4.39 Å². The van der Waals surface area contributed by atoms with Crippen LogP contribution in [0.15, 0.2) is 22.7 Å². The van der Waals surface area contributed by atoms with Crippen LogP contribution in [-0.2, 0) is 6.42 Å². The van der Waals surface area contributed by atoms with Crippen molar-refractivity contribution in [2.24, 2.45) is 0 Å². The van der Waals surface area contributed by atoms with E-state index in [1.54, 1.807) is 12.1 Å². The summed E-state index contributed by atoms with van der Waals surface area (Å²) >= 11 is 4.78. The fourth-order valence-corrected chi connectivity index (χ4v) is 2.89. The van der Waals surface area contributed by atoms with Gasteiger partial charge in [0.05, 0.1) is 0 Å². The zero-order valence-electron chi connectivity index (χ0n) is 11.7. The summed E-state index contributed by atoms with van der Waals surface area (Å²) in [6, 6.07) is 4.84. The van der Waals surface area contributed by atoms with E-state index in [9.17, 15) is 4.39 Å². The van der Waals surface area contributed by atoms with E-state index in [0.717, 1.165) is 22.4 Å². The van der Waals surface area contributed by atoms with E-state index in [4.69, 9.17) is 0 Å². The molecule has 0 unspecified atom stereocenters. The molecule has 2 aromatic rings. The first-order valence-corrected chi connectivity index (χ1v) is 7.99. The lowest BCUT2D eigenvalue weighted by Gasteiger charge is -2.19. The zero-order valence-corrected chi connectivity index (χ0v) is 14.1. The van der Waals surface area contributed by atoms with Crippen LogP contribution in [0.3, 0.4) is 0 Å². The monoisotopic (exact) mass is 357 g/mol. The molecule has 0 aliphatic carbocycles. The maximum Gasteiger partial charge on any atom is 0.150 e. The molecule has 0 saturated carbocycles. The molecule has 0 aliphatic rings. The highest BCUT2D eigenvalue weighted by molar-refractivity contribution is 9.10. The SMILES string of the molecule is CC(C)(C)NCCc1nnc(-c2cc(Br)ccc2F)s1. The maximum absolute atomic E-state index is 13.8. The Morgan fingerprint density at radius 1 is 1.30 bits per heavy atom. The Morgan fingerprint density at radius 2 is 2.05 bits per heavy atom. The van der Waals surface area contributed by atoms with E-state index in [1.165, 1.54) is 17.4 Å². The van der Waals surface area contributed by atoms with E-state index in [2.05, 4.69) is 52.2 Å². The highest BCUT2D eigenvalue weighted by Crippen LogP contribution is 2.28. The molecule has 0 radical (unpaired) electrons. The van der Waals surface area contributed by atoms with Crippen LogP contribution in [0.4, 0.5) is 4.39 Å². The van der Waals surface area contributed by atoms with E-state index in [1.807, 2.05) is 0 Å². The summed E-state index contributed by atoms with van der Waals surface area (Å²) in [6.07, 6.45) is 0.796. The van der Waals surface area contributed by atoms with Crippen LogP contribution >= 0.6 is 27.3 Å². The van der Waals surface area contributed by atoms with Crippen molar-refractivity contribution in [3.05, 3.63) is 33.5 Å². The standard InChI is InChI=1S/C14H17BrFN3S/c1-14(2,3)17-7-6-12-18-19-13(20-12)10-8-9(15)4-5-11(10)16/h4-5,8,17H,6-7H2,1-3H3. The number of benzene rings is 1. The Labute approximate surface area is 130 Å². The summed E-state index contributed by atoms with van der Waals surface area (Å²) in [5.74, 6) is -0.274. The predicted molar refractivity (Wildman–Crippen MR) is 84.5 cm³/mol. The third-order valence-corrected chi connectivity index (χ3v) is 4.13. The van der Waals surface area contributed by atoms with Gasteiger partial charge in [-0.15, -0.1) is 10.2 Å². The Morgan fingerprint density at radius 3 is 2.75 bits per heavy atom. The van der Waals surface area contributed by atoms with Crippen molar-refractivity contribution in [3.63, 3.8) is 0 Å². The molecule has 3 nitrogen and oxygen atoms in total. The quantitative estimate of drug-likeness (QED) is 0.897. The van der Waals surface area contributed by atoms with Crippen LogP contribution in [0, 0.1) is 5.82 Å². The molecular weight excluding hydrogens is 341 g/mol. The number of nitrogens with one attached hydrogen (secondary N) is 1. The third kappa shape index (κ3) is 4.33. The second-order valence-corrected chi connectivity index (χ2v) is 7.53. The predicted octanol–water partition coefficient (Wildman–Crippen LogP) is 4.04. The van der Waals surface area contributed by atoms with Crippen molar-refractivity contribution in [3.8, 4) is 10.6 Å². The number of aromatic nitrogens is 2. The third-order valence-electron chi connectivity index (χ3n) is 2.62. The number of nitrogens with zero attached hydrogens (tertiary/aromatic N) is 2. The molecule has 1 aromatic carbocycles. The second kappa shape index (κ2) is 6.28. The molecule has 1 N–H and O–H groups in total. The van der Waals surface area contributed by atoms with Crippen LogP contribution in [0.2, 0.25) is 0 Å². The number of halogens is 2. The van der Waals surface area contributed by atoms with Crippen LogP contribution in [0.5, 0.6) is 0 Å². The molecule has 1 heterocycles. The van der Waals surface area contributed by atoms with Gasteiger partial charge >= 0.3 is 0 Å². The first-order chi connectivity index (χ1) is 9.35. The fraction of sp³-hybridized carbons (Fsp3) is 0.429. The van der Waals surface area contributed by atoms with E-state index in [0.29, 0.717) is 10.6 Å². The smallest absolute Gasteiger partial charge is 0.150 e. The van der Waals surface area contributed by atoms with Gasteiger partial charge in [0, 0.05) is 28.5 Å². The lowest BCUT2D eigenvalue weighted by Crippen LogP contribution is -2.37. The highest BCUT2D eigenvalue weighted by atomic mass is 79.9.